The van der Waals surface area contributed by atoms with Gasteiger partial charge in [0.05, 0.1) is 12.2 Å². The summed E-state index contributed by atoms with van der Waals surface area (Å²) in [4.78, 5) is 31.9. The first-order chi connectivity index (χ1) is 17.2. The van der Waals surface area contributed by atoms with E-state index >= 15 is 0 Å². The zero-order chi connectivity index (χ0) is 25.9. The van der Waals surface area contributed by atoms with Gasteiger partial charge in [-0.3, -0.25) is 4.79 Å². The van der Waals surface area contributed by atoms with Crippen molar-refractivity contribution in [2.24, 2.45) is 0 Å². The number of benzene rings is 2. The number of ether oxygens (including phenoxy) is 1. The van der Waals surface area contributed by atoms with Crippen LogP contribution in [0.1, 0.15) is 48.4 Å². The summed E-state index contributed by atoms with van der Waals surface area (Å²) in [7, 11) is 0. The Morgan fingerprint density at radius 1 is 1.03 bits per heavy atom. The largest absolute Gasteiger partial charge is 0.450 e. The molecule has 192 valence electrons. The van der Waals surface area contributed by atoms with Crippen LogP contribution in [0.4, 0.5) is 18.0 Å². The molecule has 9 heteroatoms. The SMILES string of the molecule is CCOC(=O)N1CCN(C(=O)CC(c2cccc(C(F)(F)F)c2)c2c[nH]c3c(CC)cccc23)CC1. The summed E-state index contributed by atoms with van der Waals surface area (Å²) in [5, 5.41) is 0.900. The standard InChI is InChI=1S/C27H30F3N3O3/c1-3-18-7-6-10-21-23(17-31-25(18)21)22(19-8-5-9-20(15-19)27(28,29)30)16-24(34)32-11-13-33(14-12-32)26(35)36-4-2/h5-10,15,17,22,31H,3-4,11-14,16H2,1-2H3. The zero-order valence-corrected chi connectivity index (χ0v) is 20.4. The van der Waals surface area contributed by atoms with Gasteiger partial charge in [0, 0.05) is 55.6 Å². The number of H-pyrrole nitrogens is 1. The fraction of sp³-hybridized carbons (Fsp3) is 0.407. The summed E-state index contributed by atoms with van der Waals surface area (Å²) in [6.45, 7) is 5.46. The minimum absolute atomic E-state index is 0.0179. The fourth-order valence-corrected chi connectivity index (χ4v) is 4.82. The maximum Gasteiger partial charge on any atom is 0.416 e. The van der Waals surface area contributed by atoms with Gasteiger partial charge in [0.1, 0.15) is 0 Å². The van der Waals surface area contributed by atoms with Crippen molar-refractivity contribution in [3.05, 3.63) is 70.9 Å². The number of hydrogen-bond acceptors (Lipinski definition) is 3. The minimum atomic E-state index is -4.48. The van der Waals surface area contributed by atoms with Gasteiger partial charge in [-0.15, -0.1) is 0 Å². The maximum absolute atomic E-state index is 13.5. The van der Waals surface area contributed by atoms with E-state index in [-0.39, 0.29) is 18.9 Å². The minimum Gasteiger partial charge on any atom is -0.450 e. The second kappa shape index (κ2) is 10.6. The number of aryl methyl sites for hydroxylation is 1. The number of carbonyl (C=O) groups is 2. The lowest BCUT2D eigenvalue weighted by Crippen LogP contribution is -2.50. The van der Waals surface area contributed by atoms with Crippen LogP contribution < -0.4 is 0 Å². The van der Waals surface area contributed by atoms with Crippen molar-refractivity contribution < 1.29 is 27.5 Å². The summed E-state index contributed by atoms with van der Waals surface area (Å²) in [5.41, 5.74) is 2.52. The Morgan fingerprint density at radius 2 is 1.72 bits per heavy atom. The highest BCUT2D eigenvalue weighted by Gasteiger charge is 2.33. The van der Waals surface area contributed by atoms with Crippen LogP contribution in [0.5, 0.6) is 0 Å². The number of aromatic amines is 1. The predicted octanol–water partition coefficient (Wildman–Crippen LogP) is 5.57. The quantitative estimate of drug-likeness (QED) is 0.480. The Labute approximate surface area is 208 Å². The summed E-state index contributed by atoms with van der Waals surface area (Å²) in [6.07, 6.45) is -2.26. The average molecular weight is 502 g/mol. The van der Waals surface area contributed by atoms with Crippen LogP contribution in [0.25, 0.3) is 10.9 Å². The van der Waals surface area contributed by atoms with Crippen LogP contribution in [0.15, 0.2) is 48.7 Å². The van der Waals surface area contributed by atoms with E-state index in [0.717, 1.165) is 40.6 Å². The average Bonchev–Trinajstić information content (AvgIpc) is 3.31. The van der Waals surface area contributed by atoms with E-state index in [1.807, 2.05) is 25.1 Å². The Morgan fingerprint density at radius 3 is 2.39 bits per heavy atom. The number of piperazine rings is 1. The number of rotatable bonds is 6. The Hall–Kier alpha value is -3.49. The Kier molecular flexibility index (Phi) is 7.56. The molecule has 1 saturated heterocycles. The molecule has 1 unspecified atom stereocenters. The Bertz CT molecular complexity index is 1230. The van der Waals surface area contributed by atoms with Gasteiger partial charge in [-0.25, -0.2) is 4.79 Å². The molecule has 1 aliphatic heterocycles. The zero-order valence-electron chi connectivity index (χ0n) is 20.4. The molecular weight excluding hydrogens is 471 g/mol. The fourth-order valence-electron chi connectivity index (χ4n) is 4.82. The van der Waals surface area contributed by atoms with Crippen LogP contribution in [-0.2, 0) is 22.1 Å². The number of nitrogens with one attached hydrogen (secondary N) is 1. The molecule has 0 aliphatic carbocycles. The Balaban J connectivity index is 1.64. The third-order valence-corrected chi connectivity index (χ3v) is 6.74. The van der Waals surface area contributed by atoms with Gasteiger partial charge in [0.2, 0.25) is 5.91 Å². The summed E-state index contributed by atoms with van der Waals surface area (Å²) in [5.74, 6) is -0.731. The first kappa shape index (κ1) is 25.6. The third kappa shape index (κ3) is 5.34. The molecule has 2 heterocycles. The van der Waals surface area contributed by atoms with E-state index < -0.39 is 23.8 Å². The first-order valence-electron chi connectivity index (χ1n) is 12.2. The molecule has 6 nitrogen and oxygen atoms in total. The lowest BCUT2D eigenvalue weighted by atomic mass is 9.86. The highest BCUT2D eigenvalue weighted by Crippen LogP contribution is 2.38. The van der Waals surface area contributed by atoms with Crippen molar-refractivity contribution in [1.82, 2.24) is 14.8 Å². The van der Waals surface area contributed by atoms with Gasteiger partial charge in [-0.2, -0.15) is 13.2 Å². The number of alkyl halides is 3. The van der Waals surface area contributed by atoms with E-state index in [2.05, 4.69) is 4.98 Å². The van der Waals surface area contributed by atoms with Gasteiger partial charge >= 0.3 is 12.3 Å². The van der Waals surface area contributed by atoms with Crippen molar-refractivity contribution >= 4 is 22.9 Å². The molecule has 1 atom stereocenters. The van der Waals surface area contributed by atoms with Crippen LogP contribution >= 0.6 is 0 Å². The van der Waals surface area contributed by atoms with Crippen LogP contribution in [0.3, 0.4) is 0 Å². The molecule has 1 fully saturated rings. The molecule has 1 aromatic heterocycles. The maximum atomic E-state index is 13.5. The van der Waals surface area contributed by atoms with E-state index in [1.54, 1.807) is 29.0 Å². The summed E-state index contributed by atoms with van der Waals surface area (Å²) < 4.78 is 45.6. The lowest BCUT2D eigenvalue weighted by Gasteiger charge is -2.34. The smallest absolute Gasteiger partial charge is 0.416 e. The highest BCUT2D eigenvalue weighted by molar-refractivity contribution is 5.88. The number of aromatic nitrogens is 1. The molecule has 1 aliphatic rings. The normalized spacial score (nSPS) is 15.2. The number of amides is 2. The number of nitrogens with zero attached hydrogens (tertiary/aromatic N) is 2. The summed E-state index contributed by atoms with van der Waals surface area (Å²) in [6, 6.07) is 11.1. The van der Waals surface area contributed by atoms with E-state index in [4.69, 9.17) is 4.74 Å². The van der Waals surface area contributed by atoms with Crippen molar-refractivity contribution in [1.29, 1.82) is 0 Å². The topological polar surface area (TPSA) is 65.6 Å². The molecule has 4 rings (SSSR count). The third-order valence-electron chi connectivity index (χ3n) is 6.74. The van der Waals surface area contributed by atoms with Crippen LogP contribution in [0, 0.1) is 0 Å². The van der Waals surface area contributed by atoms with E-state index in [0.29, 0.717) is 31.7 Å². The van der Waals surface area contributed by atoms with Crippen molar-refractivity contribution in [2.75, 3.05) is 32.8 Å². The molecule has 0 radical (unpaired) electrons. The first-order valence-corrected chi connectivity index (χ1v) is 12.2. The molecule has 0 spiro atoms. The molecule has 1 N–H and O–H groups in total. The van der Waals surface area contributed by atoms with Gasteiger partial charge in [-0.05, 0) is 36.1 Å². The molecule has 36 heavy (non-hydrogen) atoms. The number of hydrogen-bond donors (Lipinski definition) is 1. The monoisotopic (exact) mass is 501 g/mol. The highest BCUT2D eigenvalue weighted by atomic mass is 19.4. The van der Waals surface area contributed by atoms with E-state index in [1.165, 1.54) is 6.07 Å². The molecule has 2 amide bonds. The number of para-hydroxylation sites is 1. The molecule has 0 saturated carbocycles. The van der Waals surface area contributed by atoms with Crippen LogP contribution in [-0.4, -0.2) is 59.6 Å². The van der Waals surface area contributed by atoms with E-state index in [9.17, 15) is 22.8 Å². The number of halogens is 3. The van der Waals surface area contributed by atoms with Crippen LogP contribution in [0.2, 0.25) is 0 Å². The molecule has 3 aromatic rings. The summed E-state index contributed by atoms with van der Waals surface area (Å²) >= 11 is 0. The molecular formula is C27H30F3N3O3. The predicted molar refractivity (Wildman–Crippen MR) is 131 cm³/mol. The van der Waals surface area contributed by atoms with Gasteiger partial charge in [0.15, 0.2) is 0 Å². The second-order valence-corrected chi connectivity index (χ2v) is 8.88. The molecule has 0 bridgehead atoms. The molecule has 2 aromatic carbocycles. The number of fused-ring (bicyclic) bond motifs is 1. The van der Waals surface area contributed by atoms with Gasteiger partial charge < -0.3 is 19.5 Å². The lowest BCUT2D eigenvalue weighted by molar-refractivity contribution is -0.137. The number of carbonyl (C=O) groups excluding carboxylic acids is 2. The van der Waals surface area contributed by atoms with Crippen molar-refractivity contribution in [3.63, 3.8) is 0 Å². The van der Waals surface area contributed by atoms with Gasteiger partial charge in [-0.1, -0.05) is 43.3 Å². The van der Waals surface area contributed by atoms with Gasteiger partial charge in [0.25, 0.3) is 0 Å². The second-order valence-electron chi connectivity index (χ2n) is 8.88. The van der Waals surface area contributed by atoms with Crippen molar-refractivity contribution in [2.45, 2.75) is 38.8 Å². The van der Waals surface area contributed by atoms with Crippen molar-refractivity contribution in [3.8, 4) is 0 Å².